The average molecular weight is 189 g/mol. The van der Waals surface area contributed by atoms with Crippen molar-refractivity contribution in [2.45, 2.75) is 13.0 Å². The van der Waals surface area contributed by atoms with E-state index in [9.17, 15) is 4.79 Å². The van der Waals surface area contributed by atoms with Gasteiger partial charge in [-0.25, -0.2) is 4.99 Å². The normalized spacial score (nSPS) is 26.2. The van der Waals surface area contributed by atoms with Crippen LogP contribution in [-0.2, 0) is 4.79 Å². The highest BCUT2D eigenvalue weighted by Crippen LogP contribution is 2.01. The molecule has 0 aromatic rings. The molecule has 0 bridgehead atoms. The van der Waals surface area contributed by atoms with E-state index in [4.69, 9.17) is 0 Å². The fraction of sp³-hybridized carbons (Fsp3) is 0.400. The molecule has 1 aliphatic rings. The molecule has 0 saturated heterocycles. The van der Waals surface area contributed by atoms with Crippen molar-refractivity contribution in [2.24, 2.45) is 9.98 Å². The molecule has 0 aromatic carbocycles. The van der Waals surface area contributed by atoms with Crippen LogP contribution in [0.25, 0.3) is 0 Å². The third kappa shape index (κ3) is 1.45. The zero-order chi connectivity index (χ0) is 6.85. The van der Waals surface area contributed by atoms with E-state index >= 15 is 0 Å². The molecular weight excluding hydrogens is 184 g/mol. The first kappa shape index (κ1) is 6.61. The highest BCUT2D eigenvalue weighted by atomic mass is 79.9. The van der Waals surface area contributed by atoms with E-state index in [2.05, 4.69) is 25.9 Å². The van der Waals surface area contributed by atoms with E-state index in [1.165, 1.54) is 6.21 Å². The summed E-state index contributed by atoms with van der Waals surface area (Å²) in [4.78, 5) is 18.1. The first-order valence-electron chi connectivity index (χ1n) is 2.51. The van der Waals surface area contributed by atoms with Crippen LogP contribution in [-0.4, -0.2) is 22.8 Å². The quantitative estimate of drug-likeness (QED) is 0.555. The molecule has 0 radical (unpaired) electrons. The number of rotatable bonds is 0. The monoisotopic (exact) mass is 188 g/mol. The number of aliphatic imine (C=N–C) groups is 2. The van der Waals surface area contributed by atoms with Gasteiger partial charge >= 0.3 is 0 Å². The Hall–Kier alpha value is -0.510. The van der Waals surface area contributed by atoms with Gasteiger partial charge in [0.1, 0.15) is 10.7 Å². The molecule has 0 aromatic heterocycles. The lowest BCUT2D eigenvalue weighted by Gasteiger charge is -2.03. The molecule has 0 aliphatic carbocycles. The Labute approximate surface area is 61.0 Å². The van der Waals surface area contributed by atoms with Crippen LogP contribution < -0.4 is 0 Å². The molecule has 0 saturated carbocycles. The summed E-state index contributed by atoms with van der Waals surface area (Å²) in [5, 5.41) is 0. The van der Waals surface area contributed by atoms with Crippen LogP contribution in [0.1, 0.15) is 6.92 Å². The van der Waals surface area contributed by atoms with Gasteiger partial charge < -0.3 is 0 Å². The molecule has 0 N–H and O–H groups in total. The average Bonchev–Trinajstić information content (AvgIpc) is 1.80. The third-order valence-corrected chi connectivity index (χ3v) is 1.36. The van der Waals surface area contributed by atoms with Gasteiger partial charge in [0.15, 0.2) is 0 Å². The van der Waals surface area contributed by atoms with Crippen molar-refractivity contribution in [1.82, 2.24) is 0 Å². The van der Waals surface area contributed by atoms with E-state index < -0.39 is 0 Å². The van der Waals surface area contributed by atoms with Gasteiger partial charge in [-0.2, -0.15) is 0 Å². The molecule has 1 atom stereocenters. The highest BCUT2D eigenvalue weighted by molar-refractivity contribution is 9.19. The van der Waals surface area contributed by atoms with Crippen molar-refractivity contribution < 1.29 is 4.79 Å². The van der Waals surface area contributed by atoms with Gasteiger partial charge in [0, 0.05) is 0 Å². The van der Waals surface area contributed by atoms with Gasteiger partial charge in [-0.3, -0.25) is 9.79 Å². The molecular formula is C5H5BrN2O. The molecule has 3 nitrogen and oxygen atoms in total. The Morgan fingerprint density at radius 3 is 2.89 bits per heavy atom. The topological polar surface area (TPSA) is 41.8 Å². The van der Waals surface area contributed by atoms with E-state index in [1.54, 1.807) is 6.92 Å². The molecule has 1 aliphatic heterocycles. The van der Waals surface area contributed by atoms with E-state index in [0.29, 0.717) is 4.62 Å². The predicted octanol–water partition coefficient (Wildman–Crippen LogP) is 0.779. The first-order chi connectivity index (χ1) is 4.20. The molecule has 9 heavy (non-hydrogen) atoms. The van der Waals surface area contributed by atoms with E-state index in [0.717, 1.165) is 0 Å². The molecule has 1 amide bonds. The number of hydrogen-bond donors (Lipinski definition) is 0. The zero-order valence-electron chi connectivity index (χ0n) is 4.84. The maximum Gasteiger partial charge on any atom is 0.271 e. The lowest BCUT2D eigenvalue weighted by atomic mass is 10.3. The Morgan fingerprint density at radius 1 is 1.78 bits per heavy atom. The lowest BCUT2D eigenvalue weighted by molar-refractivity contribution is -0.118. The van der Waals surface area contributed by atoms with Crippen molar-refractivity contribution in [1.29, 1.82) is 0 Å². The SMILES string of the molecule is CC1N=CC(Br)=NC1=O. The van der Waals surface area contributed by atoms with Crippen LogP contribution in [0.2, 0.25) is 0 Å². The van der Waals surface area contributed by atoms with Crippen molar-refractivity contribution in [3.63, 3.8) is 0 Å². The van der Waals surface area contributed by atoms with Gasteiger partial charge in [0.05, 0.1) is 6.21 Å². The number of halogens is 1. The maximum atomic E-state index is 10.7. The van der Waals surface area contributed by atoms with Crippen LogP contribution in [0.15, 0.2) is 9.98 Å². The first-order valence-corrected chi connectivity index (χ1v) is 3.30. The number of carbonyl (C=O) groups is 1. The molecule has 0 spiro atoms. The minimum atomic E-state index is -0.300. The van der Waals surface area contributed by atoms with Crippen molar-refractivity contribution >= 4 is 32.7 Å². The smallest absolute Gasteiger partial charge is 0.271 e. The number of amides is 1. The molecule has 1 rings (SSSR count). The number of nitrogens with zero attached hydrogens (tertiary/aromatic N) is 2. The Morgan fingerprint density at radius 2 is 2.44 bits per heavy atom. The maximum absolute atomic E-state index is 10.7. The Balaban J connectivity index is 2.82. The second-order valence-electron chi connectivity index (χ2n) is 1.73. The van der Waals surface area contributed by atoms with Gasteiger partial charge in [-0.1, -0.05) is 0 Å². The highest BCUT2D eigenvalue weighted by Gasteiger charge is 2.13. The summed E-state index contributed by atoms with van der Waals surface area (Å²) in [7, 11) is 0. The Kier molecular flexibility index (Phi) is 1.75. The van der Waals surface area contributed by atoms with E-state index in [-0.39, 0.29) is 11.9 Å². The van der Waals surface area contributed by atoms with Gasteiger partial charge in [-0.15, -0.1) is 0 Å². The van der Waals surface area contributed by atoms with Crippen LogP contribution in [0, 0.1) is 0 Å². The summed E-state index contributed by atoms with van der Waals surface area (Å²) in [6.07, 6.45) is 1.53. The van der Waals surface area contributed by atoms with Gasteiger partial charge in [0.25, 0.3) is 5.91 Å². The summed E-state index contributed by atoms with van der Waals surface area (Å²) < 4.78 is 0.505. The molecule has 1 unspecified atom stereocenters. The lowest BCUT2D eigenvalue weighted by Crippen LogP contribution is -2.18. The molecule has 1 heterocycles. The van der Waals surface area contributed by atoms with Crippen LogP contribution in [0.5, 0.6) is 0 Å². The summed E-state index contributed by atoms with van der Waals surface area (Å²) in [5.74, 6) is -0.190. The van der Waals surface area contributed by atoms with Gasteiger partial charge in [-0.05, 0) is 22.9 Å². The summed E-state index contributed by atoms with van der Waals surface area (Å²) in [5.41, 5.74) is 0. The fourth-order valence-corrected chi connectivity index (χ4v) is 0.758. The number of hydrogen-bond acceptors (Lipinski definition) is 2. The minimum absolute atomic E-state index is 0.190. The third-order valence-electron chi connectivity index (χ3n) is 0.979. The zero-order valence-corrected chi connectivity index (χ0v) is 6.42. The Bertz CT molecular complexity index is 197. The number of carbonyl (C=O) groups excluding carboxylic acids is 1. The fourth-order valence-electron chi connectivity index (χ4n) is 0.465. The minimum Gasteiger partial charge on any atom is -0.277 e. The second-order valence-corrected chi connectivity index (χ2v) is 2.54. The van der Waals surface area contributed by atoms with Crippen molar-refractivity contribution in [2.75, 3.05) is 0 Å². The van der Waals surface area contributed by atoms with E-state index in [1.807, 2.05) is 0 Å². The molecule has 0 fully saturated rings. The van der Waals surface area contributed by atoms with Gasteiger partial charge in [0.2, 0.25) is 0 Å². The second kappa shape index (κ2) is 2.39. The van der Waals surface area contributed by atoms with Crippen LogP contribution in [0.4, 0.5) is 0 Å². The summed E-state index contributed by atoms with van der Waals surface area (Å²) >= 11 is 3.04. The molecule has 4 heteroatoms. The molecule has 48 valence electrons. The summed E-state index contributed by atoms with van der Waals surface area (Å²) in [6, 6.07) is -0.300. The van der Waals surface area contributed by atoms with Crippen LogP contribution in [0.3, 0.4) is 0 Å². The van der Waals surface area contributed by atoms with Crippen molar-refractivity contribution in [3.05, 3.63) is 0 Å². The predicted molar refractivity (Wildman–Crippen MR) is 39.3 cm³/mol. The summed E-state index contributed by atoms with van der Waals surface area (Å²) in [6.45, 7) is 1.71. The standard InChI is InChI=1S/C5H5BrN2O/c1-3-5(9)8-4(6)2-7-3/h2-3H,1H3. The van der Waals surface area contributed by atoms with Crippen molar-refractivity contribution in [3.8, 4) is 0 Å². The largest absolute Gasteiger partial charge is 0.277 e. The van der Waals surface area contributed by atoms with Crippen LogP contribution >= 0.6 is 15.9 Å².